The fraction of sp³-hybridized carbons (Fsp3) is 0.625. The van der Waals surface area contributed by atoms with E-state index in [0.717, 1.165) is 55.2 Å². The van der Waals surface area contributed by atoms with E-state index in [1.165, 1.54) is 6.42 Å². The summed E-state index contributed by atoms with van der Waals surface area (Å²) >= 11 is 6.26. The largest absolute Gasteiger partial charge is 0.381 e. The van der Waals surface area contributed by atoms with Gasteiger partial charge < -0.3 is 9.30 Å². The maximum Gasteiger partial charge on any atom is 0.160 e. The predicted octanol–water partition coefficient (Wildman–Crippen LogP) is 4.25. The average molecular weight is 310 g/mol. The third kappa shape index (κ3) is 4.17. The summed E-state index contributed by atoms with van der Waals surface area (Å²) in [5.74, 6) is 0.887. The molecule has 0 aliphatic heterocycles. The van der Waals surface area contributed by atoms with Crippen LogP contribution in [0.5, 0.6) is 0 Å². The summed E-state index contributed by atoms with van der Waals surface area (Å²) < 4.78 is 7.74. The van der Waals surface area contributed by atoms with Gasteiger partial charge in [0, 0.05) is 26.0 Å². The zero-order valence-corrected chi connectivity index (χ0v) is 13.9. The Bertz CT molecular complexity index is 580. The van der Waals surface area contributed by atoms with Crippen molar-refractivity contribution >= 4 is 22.8 Å². The fourth-order valence-corrected chi connectivity index (χ4v) is 2.49. The molecule has 1 unspecified atom stereocenters. The molecule has 0 radical (unpaired) electrons. The summed E-state index contributed by atoms with van der Waals surface area (Å²) in [5.41, 5.74) is 2.95. The van der Waals surface area contributed by atoms with Crippen LogP contribution in [-0.2, 0) is 11.3 Å². The first-order chi connectivity index (χ1) is 10.1. The lowest BCUT2D eigenvalue weighted by Gasteiger charge is -2.10. The molecule has 2 heterocycles. The lowest BCUT2D eigenvalue weighted by Crippen LogP contribution is -2.08. The van der Waals surface area contributed by atoms with Crippen LogP contribution < -0.4 is 0 Å². The van der Waals surface area contributed by atoms with E-state index in [4.69, 9.17) is 16.3 Å². The SMILES string of the molecule is CCCCOCCCn1c(C(C)Cl)nc2cc(C)cnc21. The molecule has 2 aromatic rings. The van der Waals surface area contributed by atoms with Gasteiger partial charge in [0.05, 0.1) is 5.38 Å². The standard InChI is InChI=1S/C16H24ClN3O/c1-4-5-8-21-9-6-7-20-15(13(3)17)19-14-10-12(2)11-18-16(14)20/h10-11,13H,4-9H2,1-3H3. The normalized spacial score (nSPS) is 13.0. The first-order valence-electron chi connectivity index (χ1n) is 7.68. The minimum absolute atomic E-state index is 0.125. The van der Waals surface area contributed by atoms with E-state index >= 15 is 0 Å². The Labute approximate surface area is 131 Å². The number of halogens is 1. The number of alkyl halides is 1. The molecule has 0 saturated carbocycles. The molecule has 0 amide bonds. The van der Waals surface area contributed by atoms with Crippen molar-refractivity contribution < 1.29 is 4.74 Å². The van der Waals surface area contributed by atoms with Gasteiger partial charge >= 0.3 is 0 Å². The quantitative estimate of drug-likeness (QED) is 0.540. The summed E-state index contributed by atoms with van der Waals surface area (Å²) in [6, 6.07) is 2.05. The predicted molar refractivity (Wildman–Crippen MR) is 86.9 cm³/mol. The Hall–Kier alpha value is -1.13. The number of unbranched alkanes of at least 4 members (excludes halogenated alkanes) is 1. The van der Waals surface area contributed by atoms with Crippen molar-refractivity contribution in [2.75, 3.05) is 13.2 Å². The van der Waals surface area contributed by atoms with Gasteiger partial charge in [-0.3, -0.25) is 0 Å². The van der Waals surface area contributed by atoms with Gasteiger partial charge in [0.25, 0.3) is 0 Å². The van der Waals surface area contributed by atoms with Crippen LogP contribution in [0.15, 0.2) is 12.3 Å². The molecule has 0 bridgehead atoms. The maximum absolute atomic E-state index is 6.26. The molecule has 2 aromatic heterocycles. The summed E-state index contributed by atoms with van der Waals surface area (Å²) in [6.07, 6.45) is 5.12. The van der Waals surface area contributed by atoms with Gasteiger partial charge in [-0.2, -0.15) is 0 Å². The Balaban J connectivity index is 2.08. The monoisotopic (exact) mass is 309 g/mol. The maximum atomic E-state index is 6.26. The van der Waals surface area contributed by atoms with Crippen LogP contribution in [0.25, 0.3) is 11.2 Å². The van der Waals surface area contributed by atoms with Gasteiger partial charge in [-0.1, -0.05) is 13.3 Å². The number of hydrogen-bond donors (Lipinski definition) is 0. The van der Waals surface area contributed by atoms with Gasteiger partial charge in [0.2, 0.25) is 0 Å². The number of aromatic nitrogens is 3. The van der Waals surface area contributed by atoms with Crippen molar-refractivity contribution in [2.45, 2.75) is 52.0 Å². The van der Waals surface area contributed by atoms with Crippen molar-refractivity contribution in [3.05, 3.63) is 23.7 Å². The van der Waals surface area contributed by atoms with E-state index in [1.807, 2.05) is 20.0 Å². The second-order valence-electron chi connectivity index (χ2n) is 5.41. The highest BCUT2D eigenvalue weighted by Crippen LogP contribution is 2.24. The van der Waals surface area contributed by atoms with Crippen molar-refractivity contribution in [3.8, 4) is 0 Å². The highest BCUT2D eigenvalue weighted by Gasteiger charge is 2.15. The Morgan fingerprint density at radius 3 is 2.81 bits per heavy atom. The number of ether oxygens (including phenoxy) is 1. The molecule has 0 aliphatic carbocycles. The average Bonchev–Trinajstić information content (AvgIpc) is 2.80. The second-order valence-corrected chi connectivity index (χ2v) is 6.07. The number of aryl methyl sites for hydroxylation is 2. The van der Waals surface area contributed by atoms with Crippen LogP contribution in [0.4, 0.5) is 0 Å². The van der Waals surface area contributed by atoms with E-state index in [1.54, 1.807) is 0 Å². The van der Waals surface area contributed by atoms with E-state index in [-0.39, 0.29) is 5.38 Å². The van der Waals surface area contributed by atoms with E-state index in [0.29, 0.717) is 0 Å². The molecule has 0 aromatic carbocycles. The zero-order valence-electron chi connectivity index (χ0n) is 13.1. The van der Waals surface area contributed by atoms with E-state index in [2.05, 4.69) is 27.5 Å². The molecule has 4 nitrogen and oxygen atoms in total. The van der Waals surface area contributed by atoms with E-state index < -0.39 is 0 Å². The molecule has 0 N–H and O–H groups in total. The van der Waals surface area contributed by atoms with Gasteiger partial charge in [-0.25, -0.2) is 9.97 Å². The van der Waals surface area contributed by atoms with Crippen LogP contribution in [0.2, 0.25) is 0 Å². The number of nitrogens with zero attached hydrogens (tertiary/aromatic N) is 3. The third-order valence-corrected chi connectivity index (χ3v) is 3.61. The molecule has 116 valence electrons. The summed E-state index contributed by atoms with van der Waals surface area (Å²) in [5, 5.41) is -0.125. The minimum atomic E-state index is -0.125. The van der Waals surface area contributed by atoms with E-state index in [9.17, 15) is 0 Å². The lowest BCUT2D eigenvalue weighted by molar-refractivity contribution is 0.126. The lowest BCUT2D eigenvalue weighted by atomic mass is 10.3. The first-order valence-corrected chi connectivity index (χ1v) is 8.11. The van der Waals surface area contributed by atoms with Crippen molar-refractivity contribution in [3.63, 3.8) is 0 Å². The molecular formula is C16H24ClN3O. The van der Waals surface area contributed by atoms with Crippen molar-refractivity contribution in [1.29, 1.82) is 0 Å². The Morgan fingerprint density at radius 1 is 1.33 bits per heavy atom. The smallest absolute Gasteiger partial charge is 0.160 e. The minimum Gasteiger partial charge on any atom is -0.381 e. The fourth-order valence-electron chi connectivity index (χ4n) is 2.33. The number of pyridine rings is 1. The molecule has 1 atom stereocenters. The van der Waals surface area contributed by atoms with Crippen molar-refractivity contribution in [2.24, 2.45) is 0 Å². The summed E-state index contributed by atoms with van der Waals surface area (Å²) in [6.45, 7) is 8.59. The van der Waals surface area contributed by atoms with Crippen LogP contribution in [0.3, 0.4) is 0 Å². The molecule has 0 aliphatic rings. The van der Waals surface area contributed by atoms with Gasteiger partial charge in [0.15, 0.2) is 5.65 Å². The van der Waals surface area contributed by atoms with Gasteiger partial charge in [-0.05, 0) is 38.3 Å². The van der Waals surface area contributed by atoms with Gasteiger partial charge in [-0.15, -0.1) is 11.6 Å². The number of rotatable bonds is 8. The Morgan fingerprint density at radius 2 is 2.10 bits per heavy atom. The number of fused-ring (bicyclic) bond motifs is 1. The summed E-state index contributed by atoms with van der Waals surface area (Å²) in [7, 11) is 0. The molecule has 0 fully saturated rings. The van der Waals surface area contributed by atoms with Crippen LogP contribution in [0, 0.1) is 6.92 Å². The van der Waals surface area contributed by atoms with Crippen LogP contribution in [-0.4, -0.2) is 27.7 Å². The number of imidazole rings is 1. The summed E-state index contributed by atoms with van der Waals surface area (Å²) in [4.78, 5) is 9.14. The highest BCUT2D eigenvalue weighted by atomic mass is 35.5. The van der Waals surface area contributed by atoms with Crippen LogP contribution >= 0.6 is 11.6 Å². The van der Waals surface area contributed by atoms with Crippen LogP contribution in [0.1, 0.15) is 49.9 Å². The van der Waals surface area contributed by atoms with Gasteiger partial charge in [0.1, 0.15) is 11.3 Å². The molecule has 21 heavy (non-hydrogen) atoms. The second kappa shape index (κ2) is 7.76. The Kier molecular flexibility index (Phi) is 6.00. The third-order valence-electron chi connectivity index (χ3n) is 3.42. The molecule has 0 saturated heterocycles. The molecule has 0 spiro atoms. The topological polar surface area (TPSA) is 39.9 Å². The zero-order chi connectivity index (χ0) is 15.2. The molecule has 2 rings (SSSR count). The molecular weight excluding hydrogens is 286 g/mol. The first kappa shape index (κ1) is 16.2. The number of hydrogen-bond acceptors (Lipinski definition) is 3. The highest BCUT2D eigenvalue weighted by molar-refractivity contribution is 6.20. The van der Waals surface area contributed by atoms with Crippen molar-refractivity contribution in [1.82, 2.24) is 14.5 Å². The molecule has 5 heteroatoms.